The van der Waals surface area contributed by atoms with E-state index >= 15 is 0 Å². The number of fused-ring (bicyclic) bond motifs is 1. The molecule has 2 aromatic carbocycles. The molecule has 2 aromatic heterocycles. The van der Waals surface area contributed by atoms with Crippen molar-refractivity contribution in [1.82, 2.24) is 19.9 Å². The smallest absolute Gasteiger partial charge is 0.251 e. The first-order valence-electron chi connectivity index (χ1n) is 12.9. The number of carbonyl (C=O) groups excluding carboxylic acids is 1. The zero-order chi connectivity index (χ0) is 27.1. The van der Waals surface area contributed by atoms with Crippen LogP contribution in [-0.2, 0) is 9.84 Å². The molecule has 0 radical (unpaired) electrons. The number of aryl methyl sites for hydroxylation is 1. The van der Waals surface area contributed by atoms with Crippen LogP contribution in [0.15, 0.2) is 54.7 Å². The number of sulfone groups is 1. The second-order valence-corrected chi connectivity index (χ2v) is 12.5. The van der Waals surface area contributed by atoms with E-state index in [1.807, 2.05) is 19.1 Å². The summed E-state index contributed by atoms with van der Waals surface area (Å²) in [4.78, 5) is 17.2. The summed E-state index contributed by atoms with van der Waals surface area (Å²) < 4.78 is 45.2. The van der Waals surface area contributed by atoms with Gasteiger partial charge in [0.15, 0.2) is 15.5 Å². The topological polar surface area (TPSA) is 115 Å². The van der Waals surface area contributed by atoms with Gasteiger partial charge in [0.1, 0.15) is 11.6 Å². The van der Waals surface area contributed by atoms with Crippen molar-refractivity contribution in [2.24, 2.45) is 5.92 Å². The van der Waals surface area contributed by atoms with Gasteiger partial charge in [-0.2, -0.15) is 0 Å². The fourth-order valence-corrected chi connectivity index (χ4v) is 6.69. The quantitative estimate of drug-likeness (QED) is 0.335. The third-order valence-corrected chi connectivity index (χ3v) is 8.89. The number of hydrogen-bond donors (Lipinski definition) is 2. The van der Waals surface area contributed by atoms with E-state index in [1.54, 1.807) is 35.0 Å². The summed E-state index contributed by atoms with van der Waals surface area (Å²) in [7, 11) is -3.01. The molecule has 4 aromatic rings. The second-order valence-electron chi connectivity index (χ2n) is 10.3. The number of hydrogen-bond acceptors (Lipinski definition) is 7. The van der Waals surface area contributed by atoms with Gasteiger partial charge in [0.25, 0.3) is 5.91 Å². The Morgan fingerprint density at radius 1 is 1.15 bits per heavy atom. The van der Waals surface area contributed by atoms with Crippen molar-refractivity contribution in [1.29, 1.82) is 0 Å². The van der Waals surface area contributed by atoms with E-state index in [-0.39, 0.29) is 35.3 Å². The molecule has 1 aliphatic heterocycles. The lowest BCUT2D eigenvalue weighted by molar-refractivity contribution is 0.0950. The normalized spacial score (nSPS) is 18.3. The maximum absolute atomic E-state index is 13.8. The molecule has 2 N–H and O–H groups in total. The van der Waals surface area contributed by atoms with Crippen molar-refractivity contribution in [2.45, 2.75) is 32.2 Å². The van der Waals surface area contributed by atoms with Crippen molar-refractivity contribution in [2.75, 3.05) is 23.4 Å². The molecule has 1 amide bonds. The highest BCUT2D eigenvalue weighted by molar-refractivity contribution is 7.91. The average molecular weight is 550 g/mol. The molecule has 39 heavy (non-hydrogen) atoms. The lowest BCUT2D eigenvalue weighted by Gasteiger charge is -2.14. The first-order chi connectivity index (χ1) is 18.7. The monoisotopic (exact) mass is 549 g/mol. The summed E-state index contributed by atoms with van der Waals surface area (Å²) in [6.07, 6.45) is 4.33. The molecule has 1 saturated heterocycles. The number of imidazole rings is 1. The third-order valence-electron chi connectivity index (χ3n) is 7.05. The zero-order valence-electron chi connectivity index (χ0n) is 21.4. The predicted octanol–water partition coefficient (Wildman–Crippen LogP) is 4.37. The van der Waals surface area contributed by atoms with E-state index in [2.05, 4.69) is 20.7 Å². The maximum Gasteiger partial charge on any atom is 0.251 e. The summed E-state index contributed by atoms with van der Waals surface area (Å²) in [6.45, 7) is 2.34. The number of nitrogens with one attached hydrogen (secondary N) is 2. The van der Waals surface area contributed by atoms with E-state index in [9.17, 15) is 17.6 Å². The van der Waals surface area contributed by atoms with Gasteiger partial charge in [-0.1, -0.05) is 12.1 Å². The average Bonchev–Trinajstić information content (AvgIpc) is 3.48. The highest BCUT2D eigenvalue weighted by atomic mass is 32.2. The molecule has 0 bridgehead atoms. The molecule has 2 aliphatic rings. The number of rotatable bonds is 8. The van der Waals surface area contributed by atoms with Crippen LogP contribution in [0.2, 0.25) is 0 Å². The summed E-state index contributed by atoms with van der Waals surface area (Å²) in [5.74, 6) is 0.323. The Balaban J connectivity index is 1.35. The minimum Gasteiger partial charge on any atom is -0.437 e. The molecule has 1 aliphatic carbocycles. The number of nitrogens with zero attached hydrogens (tertiary/aromatic N) is 3. The Morgan fingerprint density at radius 3 is 2.72 bits per heavy atom. The summed E-state index contributed by atoms with van der Waals surface area (Å²) >= 11 is 0. The highest BCUT2D eigenvalue weighted by Gasteiger charge is 2.28. The van der Waals surface area contributed by atoms with Crippen LogP contribution >= 0.6 is 0 Å². The maximum atomic E-state index is 13.8. The minimum absolute atomic E-state index is 0.0118. The molecule has 11 heteroatoms. The Hall–Kier alpha value is -3.99. The number of anilines is 1. The van der Waals surface area contributed by atoms with E-state index in [1.165, 1.54) is 12.1 Å². The third kappa shape index (κ3) is 5.58. The minimum atomic E-state index is -3.01. The van der Waals surface area contributed by atoms with Gasteiger partial charge >= 0.3 is 0 Å². The van der Waals surface area contributed by atoms with E-state index in [0.29, 0.717) is 41.3 Å². The van der Waals surface area contributed by atoms with Crippen LogP contribution in [0.25, 0.3) is 16.9 Å². The van der Waals surface area contributed by atoms with Crippen LogP contribution in [0.1, 0.15) is 35.2 Å². The van der Waals surface area contributed by atoms with Crippen LogP contribution in [-0.4, -0.2) is 53.0 Å². The molecule has 0 spiro atoms. The number of ether oxygens (including phenoxy) is 1. The molecule has 6 rings (SSSR count). The fraction of sp³-hybridized carbons (Fsp3) is 0.321. The lowest BCUT2D eigenvalue weighted by atomic mass is 10.0. The molecule has 202 valence electrons. The van der Waals surface area contributed by atoms with Crippen LogP contribution < -0.4 is 15.4 Å². The van der Waals surface area contributed by atoms with Crippen molar-refractivity contribution >= 4 is 27.1 Å². The summed E-state index contributed by atoms with van der Waals surface area (Å²) in [6, 6.07) is 13.3. The standard InChI is InChI=1S/C28H28FN5O4S/c1-17-11-19(5-8-23(17)28(35)32-21-6-7-21)25-15-31-27-24(30-14-18-9-10-39(36,37)16-18)13-26(33-34(25)27)38-22-4-2-3-20(29)12-22/h2-5,8,11-13,15,18,21,30H,6-7,9-10,14,16H2,1H3,(H,32,35). The van der Waals surface area contributed by atoms with Gasteiger partial charge in [0, 0.05) is 35.8 Å². The molecule has 1 saturated carbocycles. The fourth-order valence-electron chi connectivity index (χ4n) is 4.83. The van der Waals surface area contributed by atoms with E-state index < -0.39 is 15.7 Å². The van der Waals surface area contributed by atoms with Crippen molar-refractivity contribution < 1.29 is 22.3 Å². The van der Waals surface area contributed by atoms with Gasteiger partial charge in [0.05, 0.1) is 29.1 Å². The molecule has 3 heterocycles. The second kappa shape index (κ2) is 9.96. The number of halogens is 1. The van der Waals surface area contributed by atoms with Crippen LogP contribution in [0.5, 0.6) is 11.6 Å². The Bertz CT molecular complexity index is 1680. The number of aromatic nitrogens is 3. The Morgan fingerprint density at radius 2 is 2.00 bits per heavy atom. The van der Waals surface area contributed by atoms with E-state index in [4.69, 9.17) is 4.74 Å². The SMILES string of the molecule is Cc1cc(-c2cnc3c(NCC4CCS(=O)(=O)C4)cc(Oc4cccc(F)c4)nn23)ccc1C(=O)NC1CC1. The molecular weight excluding hydrogens is 521 g/mol. The van der Waals surface area contributed by atoms with Gasteiger partial charge in [-0.25, -0.2) is 22.3 Å². The van der Waals surface area contributed by atoms with Crippen molar-refractivity contribution in [3.63, 3.8) is 0 Å². The molecule has 1 unspecified atom stereocenters. The number of carbonyl (C=O) groups is 1. The first kappa shape index (κ1) is 25.3. The first-order valence-corrected chi connectivity index (χ1v) is 14.7. The largest absolute Gasteiger partial charge is 0.437 e. The lowest BCUT2D eigenvalue weighted by Crippen LogP contribution is -2.26. The van der Waals surface area contributed by atoms with Crippen LogP contribution in [0.3, 0.4) is 0 Å². The highest BCUT2D eigenvalue weighted by Crippen LogP contribution is 2.31. The Labute approximate surface area is 225 Å². The van der Waals surface area contributed by atoms with Gasteiger partial charge in [0.2, 0.25) is 5.88 Å². The van der Waals surface area contributed by atoms with Gasteiger partial charge < -0.3 is 15.4 Å². The zero-order valence-corrected chi connectivity index (χ0v) is 22.2. The van der Waals surface area contributed by atoms with Crippen molar-refractivity contribution in [3.05, 3.63) is 71.7 Å². The molecule has 9 nitrogen and oxygen atoms in total. The molecular formula is C28H28FN5O4S. The van der Waals surface area contributed by atoms with Crippen LogP contribution in [0.4, 0.5) is 10.1 Å². The summed E-state index contributed by atoms with van der Waals surface area (Å²) in [5.41, 5.74) is 4.09. The predicted molar refractivity (Wildman–Crippen MR) is 145 cm³/mol. The van der Waals surface area contributed by atoms with Crippen molar-refractivity contribution in [3.8, 4) is 22.9 Å². The van der Waals surface area contributed by atoms with Gasteiger partial charge in [-0.15, -0.1) is 5.10 Å². The van der Waals surface area contributed by atoms with Gasteiger partial charge in [-0.05, 0) is 61.9 Å². The molecule has 2 fully saturated rings. The Kier molecular flexibility index (Phi) is 6.46. The summed E-state index contributed by atoms with van der Waals surface area (Å²) in [5, 5.41) is 11.0. The van der Waals surface area contributed by atoms with E-state index in [0.717, 1.165) is 24.0 Å². The van der Waals surface area contributed by atoms with Gasteiger partial charge in [-0.3, -0.25) is 4.79 Å². The van der Waals surface area contributed by atoms with Crippen LogP contribution in [0, 0.1) is 18.7 Å². The number of benzene rings is 2. The number of amides is 1. The molecule has 1 atom stereocenters.